The summed E-state index contributed by atoms with van der Waals surface area (Å²) < 4.78 is 21.2. The van der Waals surface area contributed by atoms with Gasteiger partial charge in [-0.1, -0.05) is 11.2 Å². The van der Waals surface area contributed by atoms with Crippen molar-refractivity contribution in [3.63, 3.8) is 0 Å². The molecule has 1 unspecified atom stereocenters. The van der Waals surface area contributed by atoms with E-state index in [0.29, 0.717) is 0 Å². The number of carbonyl (C=O) groups excluding carboxylic acids is 3. The zero-order chi connectivity index (χ0) is 19.0. The Bertz CT molecular complexity index is 573. The molecule has 0 N–H and O–H groups in total. The molecule has 0 aromatic heterocycles. The van der Waals surface area contributed by atoms with E-state index in [2.05, 4.69) is 16.6 Å². The topological polar surface area (TPSA) is 137 Å². The first-order chi connectivity index (χ1) is 11.8. The van der Waals surface area contributed by atoms with E-state index < -0.39 is 48.4 Å². The minimum Gasteiger partial charge on any atom is -0.463 e. The van der Waals surface area contributed by atoms with Crippen LogP contribution in [0.15, 0.2) is 17.8 Å². The van der Waals surface area contributed by atoms with Crippen molar-refractivity contribution in [2.75, 3.05) is 6.61 Å². The van der Waals surface area contributed by atoms with Gasteiger partial charge in [0, 0.05) is 25.7 Å². The molecule has 1 aliphatic heterocycles. The molecule has 1 saturated heterocycles. The number of azide groups is 1. The van der Waals surface area contributed by atoms with Crippen molar-refractivity contribution in [1.82, 2.24) is 0 Å². The summed E-state index contributed by atoms with van der Waals surface area (Å²) in [5.74, 6) is -1.81. The Morgan fingerprint density at radius 2 is 1.68 bits per heavy atom. The van der Waals surface area contributed by atoms with Crippen molar-refractivity contribution in [3.05, 3.63) is 23.1 Å². The fourth-order valence-electron chi connectivity index (χ4n) is 2.56. The van der Waals surface area contributed by atoms with Crippen LogP contribution >= 0.6 is 0 Å². The SMILES string of the molecule is C=CC[C@H]1O[C@H](COC(C)=O)[C@H](OC(C)=O)C(N=[N+]=[N-])[C@H]1OC(C)=O. The van der Waals surface area contributed by atoms with Crippen LogP contribution in [0.4, 0.5) is 0 Å². The van der Waals surface area contributed by atoms with Crippen LogP contribution in [0.1, 0.15) is 27.2 Å². The molecule has 0 saturated carbocycles. The van der Waals surface area contributed by atoms with Crippen LogP contribution in [0.5, 0.6) is 0 Å². The molecule has 5 atom stereocenters. The molecule has 0 aromatic carbocycles. The Kier molecular flexibility index (Phi) is 7.90. The Balaban J connectivity index is 3.22. The van der Waals surface area contributed by atoms with Gasteiger partial charge < -0.3 is 18.9 Å². The molecular formula is C15H21N3O7. The molecule has 1 heterocycles. The van der Waals surface area contributed by atoms with Gasteiger partial charge in [-0.2, -0.15) is 0 Å². The van der Waals surface area contributed by atoms with Crippen molar-refractivity contribution in [3.8, 4) is 0 Å². The van der Waals surface area contributed by atoms with Crippen LogP contribution in [0.2, 0.25) is 0 Å². The minimum absolute atomic E-state index is 0.217. The van der Waals surface area contributed by atoms with Gasteiger partial charge in [0.05, 0.1) is 6.10 Å². The van der Waals surface area contributed by atoms with E-state index in [4.69, 9.17) is 24.5 Å². The molecule has 0 spiro atoms. The second-order valence-corrected chi connectivity index (χ2v) is 5.38. The van der Waals surface area contributed by atoms with Gasteiger partial charge in [-0.05, 0) is 12.0 Å². The van der Waals surface area contributed by atoms with Crippen molar-refractivity contribution >= 4 is 17.9 Å². The maximum atomic E-state index is 11.4. The number of carbonyl (C=O) groups is 3. The highest BCUT2D eigenvalue weighted by Gasteiger charge is 2.49. The maximum Gasteiger partial charge on any atom is 0.303 e. The van der Waals surface area contributed by atoms with Crippen molar-refractivity contribution in [2.45, 2.75) is 57.6 Å². The molecule has 0 aliphatic carbocycles. The highest BCUT2D eigenvalue weighted by Crippen LogP contribution is 2.30. The molecule has 0 radical (unpaired) electrons. The quantitative estimate of drug-likeness (QED) is 0.168. The Morgan fingerprint density at radius 3 is 2.12 bits per heavy atom. The van der Waals surface area contributed by atoms with E-state index in [1.807, 2.05) is 0 Å². The van der Waals surface area contributed by atoms with E-state index in [-0.39, 0.29) is 13.0 Å². The fourth-order valence-corrected chi connectivity index (χ4v) is 2.56. The van der Waals surface area contributed by atoms with Crippen molar-refractivity contribution in [1.29, 1.82) is 0 Å². The predicted octanol–water partition coefficient (Wildman–Crippen LogP) is 1.44. The summed E-state index contributed by atoms with van der Waals surface area (Å²) >= 11 is 0. The molecule has 1 fully saturated rings. The summed E-state index contributed by atoms with van der Waals surface area (Å²) in [6.45, 7) is 6.99. The van der Waals surface area contributed by atoms with E-state index in [9.17, 15) is 14.4 Å². The number of esters is 3. The summed E-state index contributed by atoms with van der Waals surface area (Å²) in [5.41, 5.74) is 8.87. The fraction of sp³-hybridized carbons (Fsp3) is 0.667. The van der Waals surface area contributed by atoms with Crippen LogP contribution in [0.3, 0.4) is 0 Å². The Morgan fingerprint density at radius 1 is 1.12 bits per heavy atom. The van der Waals surface area contributed by atoms with Gasteiger partial charge in [0.1, 0.15) is 31.0 Å². The Hall–Kier alpha value is -2.58. The standard InChI is InChI=1S/C15H21N3O7/c1-5-6-11-14(23-9(3)20)13(17-18-16)15(24-10(4)21)12(25-11)7-22-8(2)19/h5,11-15H,1,6-7H2,2-4H3/t11-,12-,13?,14+,15+/m1/s1. The summed E-state index contributed by atoms with van der Waals surface area (Å²) in [4.78, 5) is 36.7. The second-order valence-electron chi connectivity index (χ2n) is 5.38. The highest BCUT2D eigenvalue weighted by molar-refractivity contribution is 5.67. The molecule has 138 valence electrons. The van der Waals surface area contributed by atoms with Crippen LogP contribution in [0, 0.1) is 0 Å². The van der Waals surface area contributed by atoms with Crippen molar-refractivity contribution in [2.24, 2.45) is 5.11 Å². The number of nitrogens with zero attached hydrogens (tertiary/aromatic N) is 3. The third-order valence-electron chi connectivity index (χ3n) is 3.39. The summed E-state index contributed by atoms with van der Waals surface area (Å²) in [7, 11) is 0. The first-order valence-electron chi connectivity index (χ1n) is 7.58. The predicted molar refractivity (Wildman–Crippen MR) is 84.2 cm³/mol. The van der Waals surface area contributed by atoms with Gasteiger partial charge in [0.2, 0.25) is 0 Å². The van der Waals surface area contributed by atoms with E-state index in [0.717, 1.165) is 0 Å². The first kappa shape index (κ1) is 20.5. The lowest BCUT2D eigenvalue weighted by molar-refractivity contribution is -0.216. The largest absolute Gasteiger partial charge is 0.463 e. The molecule has 1 aliphatic rings. The van der Waals surface area contributed by atoms with E-state index in [1.54, 1.807) is 6.08 Å². The summed E-state index contributed by atoms with van der Waals surface area (Å²) in [5, 5.41) is 3.63. The smallest absolute Gasteiger partial charge is 0.303 e. The Labute approximate surface area is 144 Å². The van der Waals surface area contributed by atoms with Crippen LogP contribution < -0.4 is 0 Å². The lowest BCUT2D eigenvalue weighted by Gasteiger charge is -2.43. The van der Waals surface area contributed by atoms with Crippen LogP contribution in [0.25, 0.3) is 10.4 Å². The lowest BCUT2D eigenvalue weighted by Crippen LogP contribution is -2.60. The van der Waals surface area contributed by atoms with E-state index >= 15 is 0 Å². The van der Waals surface area contributed by atoms with Gasteiger partial charge in [-0.3, -0.25) is 14.4 Å². The van der Waals surface area contributed by atoms with Gasteiger partial charge >= 0.3 is 17.9 Å². The summed E-state index contributed by atoms with van der Waals surface area (Å²) in [6.07, 6.45) is -1.84. The number of hydrogen-bond acceptors (Lipinski definition) is 8. The molecule has 1 rings (SSSR count). The zero-order valence-electron chi connectivity index (χ0n) is 14.3. The first-order valence-corrected chi connectivity index (χ1v) is 7.58. The van der Waals surface area contributed by atoms with Gasteiger partial charge in [0.25, 0.3) is 0 Å². The monoisotopic (exact) mass is 355 g/mol. The third-order valence-corrected chi connectivity index (χ3v) is 3.39. The molecule has 25 heavy (non-hydrogen) atoms. The number of ether oxygens (including phenoxy) is 4. The third kappa shape index (κ3) is 6.09. The van der Waals surface area contributed by atoms with Crippen LogP contribution in [-0.4, -0.2) is 55.0 Å². The minimum atomic E-state index is -1.09. The van der Waals surface area contributed by atoms with E-state index in [1.165, 1.54) is 20.8 Å². The number of hydrogen-bond donors (Lipinski definition) is 0. The lowest BCUT2D eigenvalue weighted by atomic mass is 9.91. The second kappa shape index (κ2) is 9.65. The highest BCUT2D eigenvalue weighted by atomic mass is 16.6. The van der Waals surface area contributed by atoms with Crippen molar-refractivity contribution < 1.29 is 33.3 Å². The molecule has 10 heteroatoms. The number of rotatable bonds is 7. The summed E-state index contributed by atoms with van der Waals surface area (Å²) in [6, 6.07) is -1.04. The van der Waals surface area contributed by atoms with Gasteiger partial charge in [0.15, 0.2) is 0 Å². The molecule has 0 aromatic rings. The molecular weight excluding hydrogens is 334 g/mol. The zero-order valence-corrected chi connectivity index (χ0v) is 14.3. The van der Waals surface area contributed by atoms with Gasteiger partial charge in [-0.15, -0.1) is 6.58 Å². The average molecular weight is 355 g/mol. The van der Waals surface area contributed by atoms with Crippen LogP contribution in [-0.2, 0) is 33.3 Å². The average Bonchev–Trinajstić information content (AvgIpc) is 2.50. The molecule has 0 amide bonds. The molecule has 10 nitrogen and oxygen atoms in total. The normalized spacial score (nSPS) is 28.2. The maximum absolute atomic E-state index is 11.4. The van der Waals surface area contributed by atoms with Gasteiger partial charge in [-0.25, -0.2) is 0 Å². The molecule has 0 bridgehead atoms.